The molecule has 1 rings (SSSR count). The van der Waals surface area contributed by atoms with Crippen molar-refractivity contribution in [1.82, 2.24) is 4.90 Å². The molecule has 1 aliphatic heterocycles. The highest BCUT2D eigenvalue weighted by Gasteiger charge is 2.33. The summed E-state index contributed by atoms with van der Waals surface area (Å²) in [4.78, 5) is 12.3. The topological polar surface area (TPSA) is 109 Å². The molecule has 1 heterocycles. The van der Waals surface area contributed by atoms with Crippen LogP contribution in [0.1, 0.15) is 20.3 Å². The van der Waals surface area contributed by atoms with Crippen molar-refractivity contribution < 1.29 is 26.7 Å². The molecule has 0 aromatic heterocycles. The van der Waals surface area contributed by atoms with E-state index in [2.05, 4.69) is 0 Å². The molecule has 0 aromatic rings. The largest absolute Gasteiger partial charge is 0.480 e. The highest BCUT2D eigenvalue weighted by atomic mass is 32.2. The zero-order valence-corrected chi connectivity index (χ0v) is 13.3. The summed E-state index contributed by atoms with van der Waals surface area (Å²) in [6.07, 6.45) is 0.358. The van der Waals surface area contributed by atoms with Crippen LogP contribution in [0.4, 0.5) is 0 Å². The molecule has 0 aliphatic carbocycles. The summed E-state index contributed by atoms with van der Waals surface area (Å²) in [7, 11) is -6.40. The van der Waals surface area contributed by atoms with E-state index in [-0.39, 0.29) is 30.3 Å². The lowest BCUT2D eigenvalue weighted by molar-refractivity contribution is -0.138. The maximum Gasteiger partial charge on any atom is 0.317 e. The van der Waals surface area contributed by atoms with E-state index in [1.807, 2.05) is 0 Å². The molecule has 0 saturated carbocycles. The second-order valence-electron chi connectivity index (χ2n) is 5.34. The van der Waals surface area contributed by atoms with E-state index in [1.165, 1.54) is 4.90 Å². The molecule has 0 aromatic carbocycles. The van der Waals surface area contributed by atoms with Gasteiger partial charge in [0.2, 0.25) is 0 Å². The van der Waals surface area contributed by atoms with Crippen molar-refractivity contribution in [2.45, 2.75) is 31.6 Å². The van der Waals surface area contributed by atoms with Gasteiger partial charge in [-0.05, 0) is 20.3 Å². The number of nitrogens with zero attached hydrogens (tertiary/aromatic N) is 1. The van der Waals surface area contributed by atoms with E-state index in [9.17, 15) is 21.6 Å². The van der Waals surface area contributed by atoms with Crippen LogP contribution in [0.15, 0.2) is 0 Å². The third-order valence-electron chi connectivity index (χ3n) is 3.44. The predicted octanol–water partition coefficient (Wildman–Crippen LogP) is -0.617. The van der Waals surface area contributed by atoms with Crippen LogP contribution in [0.25, 0.3) is 0 Å². The summed E-state index contributed by atoms with van der Waals surface area (Å²) in [5.41, 5.74) is 0. The second-order valence-corrected chi connectivity index (χ2v) is 10.2. The summed E-state index contributed by atoms with van der Waals surface area (Å²) in [6, 6.07) is -0.404. The van der Waals surface area contributed by atoms with Crippen LogP contribution >= 0.6 is 0 Å². The van der Waals surface area contributed by atoms with Crippen molar-refractivity contribution >= 4 is 25.6 Å². The number of carboxylic acid groups (broad SMARTS) is 1. The number of carboxylic acids is 1. The van der Waals surface area contributed by atoms with Gasteiger partial charge in [-0.3, -0.25) is 9.69 Å². The number of carbonyl (C=O) groups is 1. The molecule has 1 N–H and O–H groups in total. The monoisotopic (exact) mass is 327 g/mol. The quantitative estimate of drug-likeness (QED) is 0.664. The van der Waals surface area contributed by atoms with Crippen LogP contribution in [0, 0.1) is 0 Å². The molecule has 118 valence electrons. The van der Waals surface area contributed by atoms with Crippen molar-refractivity contribution in [3.63, 3.8) is 0 Å². The maximum atomic E-state index is 11.8. The Morgan fingerprint density at radius 3 is 2.40 bits per heavy atom. The molecular formula is C11H21NO6S2. The van der Waals surface area contributed by atoms with Crippen LogP contribution in [-0.2, 0) is 24.5 Å². The molecule has 20 heavy (non-hydrogen) atoms. The lowest BCUT2D eigenvalue weighted by Crippen LogP contribution is -2.43. The third kappa shape index (κ3) is 5.02. The molecule has 0 bridgehead atoms. The van der Waals surface area contributed by atoms with E-state index in [4.69, 9.17) is 5.11 Å². The number of aliphatic carboxylic acids is 1. The Kier molecular flexibility index (Phi) is 5.56. The Hall–Kier alpha value is -0.670. The fourth-order valence-electron chi connectivity index (χ4n) is 2.11. The maximum absolute atomic E-state index is 11.8. The van der Waals surface area contributed by atoms with Gasteiger partial charge in [0.1, 0.15) is 0 Å². The minimum absolute atomic E-state index is 0.0325. The van der Waals surface area contributed by atoms with Crippen molar-refractivity contribution in [2.24, 2.45) is 0 Å². The second kappa shape index (κ2) is 6.40. The smallest absolute Gasteiger partial charge is 0.317 e. The van der Waals surface area contributed by atoms with Gasteiger partial charge in [-0.2, -0.15) is 0 Å². The molecule has 1 atom stereocenters. The average Bonchev–Trinajstić information content (AvgIpc) is 2.64. The Bertz CT molecular complexity index is 551. The molecule has 1 saturated heterocycles. The van der Waals surface area contributed by atoms with E-state index in [0.717, 1.165) is 0 Å². The summed E-state index contributed by atoms with van der Waals surface area (Å²) in [6.45, 7) is 2.84. The number of sulfone groups is 2. The van der Waals surface area contributed by atoms with Crippen molar-refractivity contribution in [3.05, 3.63) is 0 Å². The number of hydrogen-bond donors (Lipinski definition) is 1. The van der Waals surface area contributed by atoms with Gasteiger partial charge in [0.05, 0.1) is 29.1 Å². The normalized spacial score (nSPS) is 22.5. The van der Waals surface area contributed by atoms with Gasteiger partial charge in [0.25, 0.3) is 0 Å². The standard InChI is InChI=1S/C11H21NO6S2/c1-9(2)20(17,18)6-4-12(7-11(13)14)10-3-5-19(15,16)8-10/h9-10H,3-8H2,1-2H3,(H,13,14). The molecule has 7 nitrogen and oxygen atoms in total. The van der Waals surface area contributed by atoms with E-state index < -0.39 is 36.9 Å². The molecule has 0 radical (unpaired) electrons. The van der Waals surface area contributed by atoms with Gasteiger partial charge in [-0.25, -0.2) is 16.8 Å². The van der Waals surface area contributed by atoms with Crippen LogP contribution in [0.5, 0.6) is 0 Å². The van der Waals surface area contributed by atoms with Crippen LogP contribution in [0.2, 0.25) is 0 Å². The van der Waals surface area contributed by atoms with Gasteiger partial charge in [0.15, 0.2) is 19.7 Å². The lowest BCUT2D eigenvalue weighted by atomic mass is 10.2. The average molecular weight is 327 g/mol. The molecule has 1 unspecified atom stereocenters. The lowest BCUT2D eigenvalue weighted by Gasteiger charge is -2.26. The zero-order valence-electron chi connectivity index (χ0n) is 11.6. The summed E-state index contributed by atoms with van der Waals surface area (Å²) in [5, 5.41) is 8.35. The van der Waals surface area contributed by atoms with Gasteiger partial charge in [-0.1, -0.05) is 0 Å². The summed E-state index contributed by atoms with van der Waals surface area (Å²) in [5.74, 6) is -1.31. The highest BCUT2D eigenvalue weighted by Crippen LogP contribution is 2.18. The van der Waals surface area contributed by atoms with Crippen LogP contribution in [-0.4, -0.2) is 74.5 Å². The van der Waals surface area contributed by atoms with Gasteiger partial charge in [-0.15, -0.1) is 0 Å². The Morgan fingerprint density at radius 1 is 1.40 bits per heavy atom. The minimum Gasteiger partial charge on any atom is -0.480 e. The molecule has 0 spiro atoms. The minimum atomic E-state index is -3.27. The zero-order chi connectivity index (χ0) is 15.6. The van der Waals surface area contributed by atoms with Gasteiger partial charge < -0.3 is 5.11 Å². The Balaban J connectivity index is 2.74. The predicted molar refractivity (Wildman–Crippen MR) is 75.2 cm³/mol. The van der Waals surface area contributed by atoms with E-state index in [1.54, 1.807) is 13.8 Å². The fourth-order valence-corrected chi connectivity index (χ4v) is 4.83. The summed E-state index contributed by atoms with van der Waals surface area (Å²) < 4.78 is 46.4. The fraction of sp³-hybridized carbons (Fsp3) is 0.909. The highest BCUT2D eigenvalue weighted by molar-refractivity contribution is 7.92. The first-order chi connectivity index (χ1) is 9.03. The van der Waals surface area contributed by atoms with Gasteiger partial charge >= 0.3 is 5.97 Å². The third-order valence-corrected chi connectivity index (χ3v) is 7.38. The first-order valence-electron chi connectivity index (χ1n) is 6.41. The SMILES string of the molecule is CC(C)S(=O)(=O)CCN(CC(=O)O)C1CCS(=O)(=O)C1. The van der Waals surface area contributed by atoms with Crippen molar-refractivity contribution in [2.75, 3.05) is 30.3 Å². The molecule has 9 heteroatoms. The first kappa shape index (κ1) is 17.4. The molecular weight excluding hydrogens is 306 g/mol. The van der Waals surface area contributed by atoms with E-state index in [0.29, 0.717) is 6.42 Å². The summed E-state index contributed by atoms with van der Waals surface area (Å²) >= 11 is 0. The van der Waals surface area contributed by atoms with Crippen LogP contribution < -0.4 is 0 Å². The first-order valence-corrected chi connectivity index (χ1v) is 9.95. The van der Waals surface area contributed by atoms with E-state index >= 15 is 0 Å². The molecule has 1 aliphatic rings. The van der Waals surface area contributed by atoms with Crippen molar-refractivity contribution in [3.8, 4) is 0 Å². The number of hydrogen-bond acceptors (Lipinski definition) is 6. The molecule has 1 fully saturated rings. The van der Waals surface area contributed by atoms with Crippen LogP contribution in [0.3, 0.4) is 0 Å². The Labute approximate surface area is 119 Å². The molecule has 0 amide bonds. The number of rotatable bonds is 7. The van der Waals surface area contributed by atoms with Crippen molar-refractivity contribution in [1.29, 1.82) is 0 Å². The Morgan fingerprint density at radius 2 is 2.00 bits per heavy atom. The van der Waals surface area contributed by atoms with Gasteiger partial charge in [0, 0.05) is 12.6 Å².